The van der Waals surface area contributed by atoms with Crippen molar-refractivity contribution in [2.45, 2.75) is 6.92 Å². The molecule has 1 aromatic carbocycles. The van der Waals surface area contributed by atoms with Crippen LogP contribution in [-0.4, -0.2) is 31.5 Å². The molecule has 6 heteroatoms. The molecular formula is C15H10FNO3Se. The maximum atomic E-state index is 13.2. The van der Waals surface area contributed by atoms with E-state index in [2.05, 4.69) is 5.32 Å². The van der Waals surface area contributed by atoms with E-state index in [1.807, 2.05) is 0 Å². The fraction of sp³-hybridized carbons (Fsp3) is 0.0667. The fourth-order valence-corrected chi connectivity index (χ4v) is 4.26. The third-order valence-electron chi connectivity index (χ3n) is 3.22. The number of rotatable bonds is 2. The number of nitrogens with one attached hydrogen (secondary N) is 1. The Balaban J connectivity index is 2.07. The van der Waals surface area contributed by atoms with Gasteiger partial charge in [0.2, 0.25) is 0 Å². The van der Waals surface area contributed by atoms with Crippen molar-refractivity contribution in [1.82, 2.24) is 0 Å². The summed E-state index contributed by atoms with van der Waals surface area (Å²) in [5, 5.41) is 11.7. The van der Waals surface area contributed by atoms with Crippen LogP contribution in [0.15, 0.2) is 24.3 Å². The van der Waals surface area contributed by atoms with Crippen molar-refractivity contribution in [3.05, 3.63) is 50.1 Å². The average molecular weight is 350 g/mol. The molecule has 106 valence electrons. The number of aryl methyl sites for hydroxylation is 1. The quantitative estimate of drug-likeness (QED) is 0.646. The first-order chi connectivity index (χ1) is 9.95. The van der Waals surface area contributed by atoms with Gasteiger partial charge in [-0.05, 0) is 0 Å². The number of fused-ring (bicyclic) bond motifs is 1. The molecule has 0 saturated heterocycles. The van der Waals surface area contributed by atoms with Gasteiger partial charge in [0, 0.05) is 0 Å². The summed E-state index contributed by atoms with van der Waals surface area (Å²) in [5.74, 6) is -1.67. The minimum absolute atomic E-state index is 0.107. The molecule has 0 radical (unpaired) electrons. The van der Waals surface area contributed by atoms with Crippen molar-refractivity contribution in [3.63, 3.8) is 0 Å². The zero-order valence-electron chi connectivity index (χ0n) is 10.9. The number of carbonyl (C=O) groups is 2. The number of benzene rings is 1. The van der Waals surface area contributed by atoms with Crippen LogP contribution in [-0.2, 0) is 4.79 Å². The van der Waals surface area contributed by atoms with Crippen molar-refractivity contribution in [2.24, 2.45) is 0 Å². The van der Waals surface area contributed by atoms with Crippen LogP contribution in [0.25, 0.3) is 11.6 Å². The van der Waals surface area contributed by atoms with Gasteiger partial charge in [-0.2, -0.15) is 0 Å². The summed E-state index contributed by atoms with van der Waals surface area (Å²) < 4.78 is 14.8. The van der Waals surface area contributed by atoms with Gasteiger partial charge in [0.1, 0.15) is 0 Å². The number of halogens is 1. The molecule has 1 aliphatic rings. The van der Waals surface area contributed by atoms with Gasteiger partial charge in [-0.15, -0.1) is 0 Å². The number of carboxylic acids is 1. The molecule has 0 aliphatic carbocycles. The summed E-state index contributed by atoms with van der Waals surface area (Å²) in [5.41, 5.74) is 1.82. The van der Waals surface area contributed by atoms with E-state index in [9.17, 15) is 14.0 Å². The molecule has 2 aromatic rings. The number of aromatic carboxylic acids is 1. The topological polar surface area (TPSA) is 66.4 Å². The molecule has 0 spiro atoms. The van der Waals surface area contributed by atoms with Crippen molar-refractivity contribution in [3.8, 4) is 0 Å². The Morgan fingerprint density at radius 3 is 2.81 bits per heavy atom. The second-order valence-electron chi connectivity index (χ2n) is 4.63. The Labute approximate surface area is 125 Å². The van der Waals surface area contributed by atoms with Gasteiger partial charge in [-0.1, -0.05) is 0 Å². The zero-order chi connectivity index (χ0) is 15.1. The van der Waals surface area contributed by atoms with E-state index >= 15 is 0 Å². The average Bonchev–Trinajstić information content (AvgIpc) is 2.91. The van der Waals surface area contributed by atoms with Crippen LogP contribution in [0.4, 0.5) is 10.1 Å². The second kappa shape index (κ2) is 4.98. The molecule has 3 rings (SSSR count). The SMILES string of the molecule is Cc1[se]c(C=C2C(=O)Nc3cc(F)ccc32)cc1C(=O)O. The first-order valence-corrected chi connectivity index (χ1v) is 7.83. The van der Waals surface area contributed by atoms with Crippen LogP contribution >= 0.6 is 0 Å². The van der Waals surface area contributed by atoms with E-state index in [1.54, 1.807) is 25.1 Å². The molecule has 0 fully saturated rings. The Kier molecular flexibility index (Phi) is 3.27. The molecule has 4 nitrogen and oxygen atoms in total. The van der Waals surface area contributed by atoms with Crippen molar-refractivity contribution in [1.29, 1.82) is 0 Å². The predicted octanol–water partition coefficient (Wildman–Crippen LogP) is 2.38. The fourth-order valence-electron chi connectivity index (χ4n) is 2.24. The molecule has 21 heavy (non-hydrogen) atoms. The van der Waals surface area contributed by atoms with E-state index in [0.717, 1.165) is 8.87 Å². The number of carboxylic acid groups (broad SMARTS) is 1. The minimum atomic E-state index is -0.957. The Hall–Kier alpha value is -2.17. The standard InChI is InChI=1S/C15H10FNO3Se/c1-7-11(15(19)20)5-9(21-7)6-12-10-3-2-8(16)4-13(10)17-14(12)18/h2-6H,1H3,(H,17,18)(H,19,20). The van der Waals surface area contributed by atoms with E-state index in [4.69, 9.17) is 5.11 Å². The van der Waals surface area contributed by atoms with Gasteiger partial charge in [0.05, 0.1) is 0 Å². The van der Waals surface area contributed by atoms with Gasteiger partial charge in [-0.25, -0.2) is 0 Å². The molecule has 2 heterocycles. The van der Waals surface area contributed by atoms with E-state index in [-0.39, 0.29) is 20.4 Å². The maximum absolute atomic E-state index is 13.2. The van der Waals surface area contributed by atoms with E-state index < -0.39 is 11.8 Å². The van der Waals surface area contributed by atoms with Crippen molar-refractivity contribution >= 4 is 43.7 Å². The summed E-state index contributed by atoms with van der Waals surface area (Å²) in [7, 11) is 0. The number of amides is 1. The molecule has 1 aromatic heterocycles. The first kappa shape index (κ1) is 13.8. The van der Waals surface area contributed by atoms with Gasteiger partial charge in [-0.3, -0.25) is 0 Å². The van der Waals surface area contributed by atoms with Gasteiger partial charge >= 0.3 is 125 Å². The molecule has 1 amide bonds. The molecule has 0 atom stereocenters. The van der Waals surface area contributed by atoms with Gasteiger partial charge in [0.25, 0.3) is 0 Å². The monoisotopic (exact) mass is 351 g/mol. The Bertz CT molecular complexity index is 807. The molecule has 0 unspecified atom stereocenters. The van der Waals surface area contributed by atoms with Crippen LogP contribution in [0.1, 0.15) is 24.8 Å². The van der Waals surface area contributed by atoms with Crippen LogP contribution in [0.5, 0.6) is 0 Å². The number of hydrogen-bond acceptors (Lipinski definition) is 2. The third-order valence-corrected chi connectivity index (χ3v) is 5.31. The molecular weight excluding hydrogens is 340 g/mol. The van der Waals surface area contributed by atoms with Crippen LogP contribution in [0.2, 0.25) is 0 Å². The van der Waals surface area contributed by atoms with Crippen LogP contribution < -0.4 is 5.32 Å². The first-order valence-electron chi connectivity index (χ1n) is 6.12. The molecule has 2 N–H and O–H groups in total. The normalized spacial score (nSPS) is 15.1. The zero-order valence-corrected chi connectivity index (χ0v) is 12.6. The molecule has 1 aliphatic heterocycles. The number of carbonyl (C=O) groups excluding carboxylic acids is 1. The summed E-state index contributed by atoms with van der Waals surface area (Å²) >= 11 is -0.107. The van der Waals surface area contributed by atoms with Gasteiger partial charge < -0.3 is 0 Å². The van der Waals surface area contributed by atoms with E-state index in [1.165, 1.54) is 12.1 Å². The molecule has 0 saturated carbocycles. The van der Waals surface area contributed by atoms with Crippen molar-refractivity contribution < 1.29 is 19.1 Å². The second-order valence-corrected chi connectivity index (χ2v) is 7.33. The summed E-state index contributed by atoms with van der Waals surface area (Å²) in [6.07, 6.45) is 1.69. The molecule has 0 bridgehead atoms. The van der Waals surface area contributed by atoms with Crippen LogP contribution in [0, 0.1) is 12.7 Å². The summed E-state index contributed by atoms with van der Waals surface area (Å²) in [4.78, 5) is 23.0. The predicted molar refractivity (Wildman–Crippen MR) is 78.0 cm³/mol. The Morgan fingerprint density at radius 1 is 1.38 bits per heavy atom. The Morgan fingerprint density at radius 2 is 2.14 bits per heavy atom. The third kappa shape index (κ3) is 2.44. The van der Waals surface area contributed by atoms with Crippen molar-refractivity contribution in [2.75, 3.05) is 5.32 Å². The van der Waals surface area contributed by atoms with Crippen LogP contribution in [0.3, 0.4) is 0 Å². The summed E-state index contributed by atoms with van der Waals surface area (Å²) in [6, 6.07) is 5.72. The van der Waals surface area contributed by atoms with Gasteiger partial charge in [0.15, 0.2) is 0 Å². The number of hydrogen-bond donors (Lipinski definition) is 2. The van der Waals surface area contributed by atoms with E-state index in [0.29, 0.717) is 22.4 Å². The summed E-state index contributed by atoms with van der Waals surface area (Å²) in [6.45, 7) is 1.78. The number of anilines is 1.